The second-order valence-electron chi connectivity index (χ2n) is 3.10. The Kier molecular flexibility index (Phi) is 3.55. The summed E-state index contributed by atoms with van der Waals surface area (Å²) in [6.45, 7) is 3.11. The minimum atomic E-state index is -0.822. The zero-order chi connectivity index (χ0) is 12.3. The fraction of sp³-hybridized carbons (Fsp3) is 0.300. The average molecular weight is 227 g/mol. The van der Waals surface area contributed by atoms with Crippen LogP contribution in [0.15, 0.2) is 12.1 Å². The third-order valence-corrected chi connectivity index (χ3v) is 1.97. The highest BCUT2D eigenvalue weighted by Crippen LogP contribution is 2.23. The molecule has 6 heteroatoms. The van der Waals surface area contributed by atoms with Gasteiger partial charge in [0.05, 0.1) is 17.6 Å². The Morgan fingerprint density at radius 3 is 2.69 bits per heavy atom. The molecular weight excluding hydrogens is 217 g/mol. The molecule has 86 valence electrons. The smallest absolute Gasteiger partial charge is 0.345 e. The predicted molar refractivity (Wildman–Crippen MR) is 53.7 cm³/mol. The van der Waals surface area contributed by atoms with Crippen LogP contribution in [0.5, 0.6) is 0 Å². The van der Waals surface area contributed by atoms with Crippen LogP contribution in [0.1, 0.15) is 22.8 Å². The van der Waals surface area contributed by atoms with Crippen LogP contribution in [0, 0.1) is 22.9 Å². The Morgan fingerprint density at radius 2 is 2.19 bits per heavy atom. The predicted octanol–water partition coefficient (Wildman–Crippen LogP) is 2.22. The SMILES string of the molecule is CCOC(=O)c1cc(C)c(F)cc1[N+](=O)[O-]. The molecule has 16 heavy (non-hydrogen) atoms. The van der Waals surface area contributed by atoms with E-state index in [1.807, 2.05) is 0 Å². The normalized spacial score (nSPS) is 9.94. The van der Waals surface area contributed by atoms with E-state index >= 15 is 0 Å². The molecule has 0 N–H and O–H groups in total. The number of hydrogen-bond acceptors (Lipinski definition) is 4. The van der Waals surface area contributed by atoms with E-state index in [0.29, 0.717) is 0 Å². The lowest BCUT2D eigenvalue weighted by atomic mass is 10.1. The summed E-state index contributed by atoms with van der Waals surface area (Å²) in [6, 6.07) is 1.84. The maximum atomic E-state index is 13.1. The monoisotopic (exact) mass is 227 g/mol. The molecule has 0 heterocycles. The van der Waals surface area contributed by atoms with E-state index in [0.717, 1.165) is 12.1 Å². The fourth-order valence-corrected chi connectivity index (χ4v) is 1.19. The Morgan fingerprint density at radius 1 is 1.56 bits per heavy atom. The lowest BCUT2D eigenvalue weighted by Gasteiger charge is -2.04. The second kappa shape index (κ2) is 4.69. The van der Waals surface area contributed by atoms with Gasteiger partial charge in [0.15, 0.2) is 0 Å². The van der Waals surface area contributed by atoms with Gasteiger partial charge >= 0.3 is 5.97 Å². The molecule has 0 atom stereocenters. The number of nitro groups is 1. The number of esters is 1. The van der Waals surface area contributed by atoms with Gasteiger partial charge in [-0.05, 0) is 25.5 Å². The molecule has 0 saturated heterocycles. The lowest BCUT2D eigenvalue weighted by molar-refractivity contribution is -0.385. The van der Waals surface area contributed by atoms with Gasteiger partial charge in [0.2, 0.25) is 0 Å². The lowest BCUT2D eigenvalue weighted by Crippen LogP contribution is -2.09. The van der Waals surface area contributed by atoms with Crippen LogP contribution < -0.4 is 0 Å². The number of hydrogen-bond donors (Lipinski definition) is 0. The molecule has 0 bridgehead atoms. The number of benzene rings is 1. The van der Waals surface area contributed by atoms with E-state index in [-0.39, 0.29) is 17.7 Å². The van der Waals surface area contributed by atoms with Gasteiger partial charge in [-0.2, -0.15) is 0 Å². The molecule has 0 unspecified atom stereocenters. The summed E-state index contributed by atoms with van der Waals surface area (Å²) >= 11 is 0. The van der Waals surface area contributed by atoms with Crippen molar-refractivity contribution in [1.29, 1.82) is 0 Å². The topological polar surface area (TPSA) is 69.4 Å². The largest absolute Gasteiger partial charge is 0.462 e. The molecular formula is C10H10FNO4. The third-order valence-electron chi connectivity index (χ3n) is 1.97. The summed E-state index contributed by atoms with van der Waals surface area (Å²) in [6.07, 6.45) is 0. The van der Waals surface area contributed by atoms with Crippen molar-refractivity contribution in [2.24, 2.45) is 0 Å². The summed E-state index contributed by atoms with van der Waals surface area (Å²) in [7, 11) is 0. The van der Waals surface area contributed by atoms with Crippen LogP contribution in [-0.2, 0) is 4.74 Å². The van der Waals surface area contributed by atoms with Gasteiger partial charge in [-0.3, -0.25) is 10.1 Å². The van der Waals surface area contributed by atoms with Crippen molar-refractivity contribution in [2.45, 2.75) is 13.8 Å². The molecule has 0 spiro atoms. The van der Waals surface area contributed by atoms with E-state index in [1.165, 1.54) is 6.92 Å². The van der Waals surface area contributed by atoms with E-state index in [2.05, 4.69) is 4.74 Å². The first-order valence-corrected chi connectivity index (χ1v) is 4.59. The van der Waals surface area contributed by atoms with Crippen molar-refractivity contribution in [3.63, 3.8) is 0 Å². The number of carbonyl (C=O) groups is 1. The fourth-order valence-electron chi connectivity index (χ4n) is 1.19. The Hall–Kier alpha value is -1.98. The molecule has 0 amide bonds. The molecule has 0 aliphatic heterocycles. The number of aryl methyl sites for hydroxylation is 1. The van der Waals surface area contributed by atoms with Gasteiger partial charge in [-0.25, -0.2) is 9.18 Å². The third kappa shape index (κ3) is 2.33. The first-order valence-electron chi connectivity index (χ1n) is 4.59. The van der Waals surface area contributed by atoms with E-state index in [1.54, 1.807) is 6.92 Å². The van der Waals surface area contributed by atoms with Crippen molar-refractivity contribution in [3.05, 3.63) is 39.2 Å². The van der Waals surface area contributed by atoms with Gasteiger partial charge in [-0.1, -0.05) is 0 Å². The average Bonchev–Trinajstić information content (AvgIpc) is 2.21. The van der Waals surface area contributed by atoms with Crippen LogP contribution in [0.25, 0.3) is 0 Å². The highest BCUT2D eigenvalue weighted by Gasteiger charge is 2.23. The van der Waals surface area contributed by atoms with E-state index in [9.17, 15) is 19.3 Å². The zero-order valence-corrected chi connectivity index (χ0v) is 8.82. The number of halogens is 1. The molecule has 0 fully saturated rings. The van der Waals surface area contributed by atoms with Crippen molar-refractivity contribution >= 4 is 11.7 Å². The maximum Gasteiger partial charge on any atom is 0.345 e. The van der Waals surface area contributed by atoms with Gasteiger partial charge in [0.25, 0.3) is 5.69 Å². The molecule has 0 aliphatic rings. The molecule has 1 rings (SSSR count). The van der Waals surface area contributed by atoms with Gasteiger partial charge < -0.3 is 4.74 Å². The Labute approximate surface area is 91.0 Å². The van der Waals surface area contributed by atoms with Crippen LogP contribution in [0.3, 0.4) is 0 Å². The van der Waals surface area contributed by atoms with Gasteiger partial charge in [0.1, 0.15) is 11.4 Å². The van der Waals surface area contributed by atoms with Crippen LogP contribution in [0.2, 0.25) is 0 Å². The number of nitrogens with zero attached hydrogens (tertiary/aromatic N) is 1. The summed E-state index contributed by atoms with van der Waals surface area (Å²) in [5.41, 5.74) is -0.652. The number of carbonyl (C=O) groups excluding carboxylic acids is 1. The summed E-state index contributed by atoms with van der Waals surface area (Å²) < 4.78 is 17.8. The molecule has 0 aliphatic carbocycles. The van der Waals surface area contributed by atoms with Crippen molar-refractivity contribution < 1.29 is 18.8 Å². The number of nitro benzene ring substituents is 1. The Bertz CT molecular complexity index is 445. The minimum Gasteiger partial charge on any atom is -0.462 e. The zero-order valence-electron chi connectivity index (χ0n) is 8.82. The Balaban J connectivity index is 3.30. The summed E-state index contributed by atoms with van der Waals surface area (Å²) in [5.74, 6) is -1.54. The van der Waals surface area contributed by atoms with Crippen molar-refractivity contribution in [3.8, 4) is 0 Å². The standard InChI is InChI=1S/C10H10FNO4/c1-3-16-10(13)7-4-6(2)8(11)5-9(7)12(14)15/h4-5H,3H2,1-2H3. The number of ether oxygens (including phenoxy) is 1. The molecule has 5 nitrogen and oxygen atoms in total. The molecule has 0 radical (unpaired) electrons. The summed E-state index contributed by atoms with van der Waals surface area (Å²) in [4.78, 5) is 21.2. The molecule has 0 aromatic heterocycles. The molecule has 0 saturated carbocycles. The second-order valence-corrected chi connectivity index (χ2v) is 3.10. The van der Waals surface area contributed by atoms with Crippen molar-refractivity contribution in [2.75, 3.05) is 6.61 Å². The van der Waals surface area contributed by atoms with Crippen molar-refractivity contribution in [1.82, 2.24) is 0 Å². The highest BCUT2D eigenvalue weighted by molar-refractivity contribution is 5.94. The maximum absolute atomic E-state index is 13.1. The number of rotatable bonds is 3. The first-order chi connectivity index (χ1) is 7.47. The van der Waals surface area contributed by atoms with Crippen LogP contribution in [0.4, 0.5) is 10.1 Å². The molecule has 1 aromatic carbocycles. The summed E-state index contributed by atoms with van der Waals surface area (Å²) in [5, 5.41) is 10.6. The van der Waals surface area contributed by atoms with E-state index < -0.39 is 22.4 Å². The van der Waals surface area contributed by atoms with Crippen LogP contribution in [-0.4, -0.2) is 17.5 Å². The first kappa shape index (κ1) is 12.1. The highest BCUT2D eigenvalue weighted by atomic mass is 19.1. The van der Waals surface area contributed by atoms with Crippen LogP contribution >= 0.6 is 0 Å². The van der Waals surface area contributed by atoms with Gasteiger partial charge in [0, 0.05) is 0 Å². The minimum absolute atomic E-state index is 0.104. The molecule has 1 aromatic rings. The van der Waals surface area contributed by atoms with E-state index in [4.69, 9.17) is 0 Å². The van der Waals surface area contributed by atoms with Gasteiger partial charge in [-0.15, -0.1) is 0 Å². The quantitative estimate of drug-likeness (QED) is 0.451.